The van der Waals surface area contributed by atoms with Gasteiger partial charge in [0.1, 0.15) is 54.3 Å². The first-order chi connectivity index (χ1) is 42.4. The zero-order valence-corrected chi connectivity index (χ0v) is 55.1. The van der Waals surface area contributed by atoms with Crippen LogP contribution in [0.1, 0.15) is 88.6 Å². The molecule has 0 spiro atoms. The number of aryl methyl sites for hydroxylation is 2. The highest BCUT2D eigenvalue weighted by Crippen LogP contribution is 2.44. The van der Waals surface area contributed by atoms with Crippen LogP contribution in [0.25, 0.3) is 0 Å². The van der Waals surface area contributed by atoms with Crippen LogP contribution < -0.4 is 5.32 Å². The minimum atomic E-state index is -0.773. The first-order valence-electron chi connectivity index (χ1n) is 29.0. The van der Waals surface area contributed by atoms with Gasteiger partial charge in [0.15, 0.2) is 0 Å². The second kappa shape index (κ2) is 48.5. The normalized spacial score (nSPS) is 11.0. The minimum absolute atomic E-state index is 0.00157. The van der Waals surface area contributed by atoms with Gasteiger partial charge in [0.25, 0.3) is 0 Å². The topological polar surface area (TPSA) is 371 Å². The van der Waals surface area contributed by atoms with Gasteiger partial charge in [-0.3, -0.25) is 14.4 Å². The lowest BCUT2D eigenvalue weighted by Gasteiger charge is -2.32. The Balaban J connectivity index is 0.00000117. The number of phenolic OH excluding ortho intramolecular Hbond substituents is 6. The highest BCUT2D eigenvalue weighted by atomic mass is 32.1. The van der Waals surface area contributed by atoms with Crippen molar-refractivity contribution in [1.29, 1.82) is 0 Å². The van der Waals surface area contributed by atoms with Crippen LogP contribution in [0.3, 0.4) is 0 Å². The number of thiol groups is 3. The Morgan fingerprint density at radius 3 is 1.06 bits per heavy atom. The molecule has 0 fully saturated rings. The van der Waals surface area contributed by atoms with Gasteiger partial charge < -0.3 is 99.8 Å². The third-order valence-electron chi connectivity index (χ3n) is 13.4. The number of phenols is 6. The lowest BCUT2D eigenvalue weighted by molar-refractivity contribution is -0.161. The zero-order valence-electron chi connectivity index (χ0n) is 52.4. The van der Waals surface area contributed by atoms with Gasteiger partial charge in [-0.25, -0.2) is 0 Å². The van der Waals surface area contributed by atoms with E-state index >= 15 is 0 Å². The Labute approximate surface area is 540 Å². The number of hydrogen-bond donors (Lipinski definition) is 16. The molecule has 0 bridgehead atoms. The van der Waals surface area contributed by atoms with Gasteiger partial charge in [0.05, 0.1) is 123 Å². The fourth-order valence-electron chi connectivity index (χ4n) is 8.18. The Morgan fingerprint density at radius 2 is 0.775 bits per heavy atom. The minimum Gasteiger partial charge on any atom is -0.508 e. The summed E-state index contributed by atoms with van der Waals surface area (Å²) in [6.07, 6.45) is 1.05. The standard InChI is InChI=1S/C25H28O3.C15H26O6S3.C13H28O8.C6H6O3.C4H11NO2/c1-13-11-20(15(3)17(5)24(13)27)23(19-9-7-8-10-22(19)26)21-12-14(2)25(28)18(6)16(21)4;1-2-15(9-19-12(16)3-6-22,10-20-13(17)4-7-23)11-21-14(18)5-8-24;14-1-5-18-9-13(10-19-6-2-15,11-20-7-3-16)12-21-8-4-17;7-4-1-5(8)3-6(9)2-4;6-3-1-5-2-4-7/h7-12,23,26-28H,1-6H3;22-24H,2-11H2,1H3;14-17H,1-12H2;1-3,7-9H;5-7H,1-4H2. The van der Waals surface area contributed by atoms with E-state index in [4.69, 9.17) is 79.1 Å². The Bertz CT molecular complexity index is 2390. The Morgan fingerprint density at radius 1 is 0.449 bits per heavy atom. The zero-order chi connectivity index (χ0) is 67.4. The van der Waals surface area contributed by atoms with Crippen molar-refractivity contribution in [3.05, 3.63) is 105 Å². The predicted molar refractivity (Wildman–Crippen MR) is 347 cm³/mol. The maximum Gasteiger partial charge on any atom is 0.306 e. The number of carbonyl (C=O) groups excluding carboxylic acids is 3. The van der Waals surface area contributed by atoms with E-state index in [1.807, 2.05) is 78.8 Å². The number of aliphatic hydroxyl groups excluding tert-OH is 6. The summed E-state index contributed by atoms with van der Waals surface area (Å²) in [5.74, 6) is 0.161. The van der Waals surface area contributed by atoms with Crippen molar-refractivity contribution in [3.63, 3.8) is 0 Å². The Kier molecular flexibility index (Phi) is 45.6. The van der Waals surface area contributed by atoms with E-state index in [1.165, 1.54) is 0 Å². The van der Waals surface area contributed by atoms with Crippen LogP contribution in [0.15, 0.2) is 54.6 Å². The van der Waals surface area contributed by atoms with Crippen molar-refractivity contribution in [2.45, 2.75) is 80.1 Å². The molecule has 0 aliphatic rings. The van der Waals surface area contributed by atoms with Crippen molar-refractivity contribution >= 4 is 55.8 Å². The molecule has 0 unspecified atom stereocenters. The number of aliphatic hydroxyl groups is 6. The summed E-state index contributed by atoms with van der Waals surface area (Å²) < 4.78 is 37.1. The molecule has 0 saturated heterocycles. The van der Waals surface area contributed by atoms with E-state index in [1.54, 1.807) is 6.07 Å². The summed E-state index contributed by atoms with van der Waals surface area (Å²) in [6.45, 7) is 16.2. The van der Waals surface area contributed by atoms with Crippen molar-refractivity contribution in [1.82, 2.24) is 5.32 Å². The van der Waals surface area contributed by atoms with E-state index < -0.39 is 28.7 Å². The van der Waals surface area contributed by atoms with Gasteiger partial charge in [-0.05, 0) is 98.5 Å². The lowest BCUT2D eigenvalue weighted by atomic mass is 9.78. The van der Waals surface area contributed by atoms with E-state index in [9.17, 15) is 29.7 Å². The SMILES string of the molecule is CCC(COC(=O)CCS)(COC(=O)CCS)COC(=O)CCS.Cc1cc(C(c2ccccc2O)c2cc(C)c(O)c(C)c2C)c(C)c(C)c1O.OCCNCCO.OCCOCC(COCCO)(COCCO)COCCO.Oc1cc(O)cc(O)c1. The van der Waals surface area contributed by atoms with Gasteiger partial charge in [-0.1, -0.05) is 37.3 Å². The summed E-state index contributed by atoms with van der Waals surface area (Å²) in [5.41, 5.74) is 6.80. The molecular formula is C63H99NO22S3. The molecule has 0 saturated carbocycles. The molecule has 89 heavy (non-hydrogen) atoms. The number of rotatable bonds is 36. The van der Waals surface area contributed by atoms with E-state index in [0.29, 0.717) is 48.3 Å². The summed E-state index contributed by atoms with van der Waals surface area (Å²) >= 11 is 11.9. The first-order valence-corrected chi connectivity index (χ1v) is 30.9. The van der Waals surface area contributed by atoms with Crippen molar-refractivity contribution < 1.29 is 109 Å². The van der Waals surface area contributed by atoms with Crippen molar-refractivity contribution in [2.24, 2.45) is 10.8 Å². The first kappa shape index (κ1) is 83.7. The van der Waals surface area contributed by atoms with Gasteiger partial charge in [0.2, 0.25) is 0 Å². The molecule has 26 heteroatoms. The molecular weight excluding hydrogens is 1220 g/mol. The molecule has 0 aliphatic carbocycles. The summed E-state index contributed by atoms with van der Waals surface area (Å²) in [6, 6.07) is 14.8. The van der Waals surface area contributed by atoms with Crippen molar-refractivity contribution in [3.8, 4) is 34.5 Å². The maximum atomic E-state index is 11.6. The highest BCUT2D eigenvalue weighted by molar-refractivity contribution is 7.80. The molecule has 0 heterocycles. The molecule has 0 radical (unpaired) electrons. The molecule has 4 rings (SSSR count). The van der Waals surface area contributed by atoms with Gasteiger partial charge in [-0.15, -0.1) is 0 Å². The molecule has 4 aromatic carbocycles. The summed E-state index contributed by atoms with van der Waals surface area (Å²) in [5, 5.41) is 112. The lowest BCUT2D eigenvalue weighted by Crippen LogP contribution is -2.42. The monoisotopic (exact) mass is 1320 g/mol. The van der Waals surface area contributed by atoms with Crippen LogP contribution >= 0.6 is 37.9 Å². The fourth-order valence-corrected chi connectivity index (χ4v) is 8.73. The number of hydrogen-bond acceptors (Lipinski definition) is 26. The van der Waals surface area contributed by atoms with Crippen molar-refractivity contribution in [2.75, 3.05) is 143 Å². The molecule has 0 aromatic heterocycles. The van der Waals surface area contributed by atoms with E-state index in [-0.39, 0.29) is 160 Å². The molecule has 0 amide bonds. The molecule has 0 aliphatic heterocycles. The number of aromatic hydroxyl groups is 6. The van der Waals surface area contributed by atoms with E-state index in [2.05, 4.69) is 43.2 Å². The predicted octanol–water partition coefficient (Wildman–Crippen LogP) is 5.18. The molecule has 13 N–H and O–H groups in total. The number of nitrogens with one attached hydrogen (secondary N) is 1. The molecule has 0 atom stereocenters. The second-order valence-corrected chi connectivity index (χ2v) is 21.9. The number of benzene rings is 4. The third-order valence-corrected chi connectivity index (χ3v) is 14.1. The highest BCUT2D eigenvalue weighted by Gasteiger charge is 2.35. The Hall–Kier alpha value is -5.30. The van der Waals surface area contributed by atoms with Crippen LogP contribution in [0.4, 0.5) is 0 Å². The average molecular weight is 1320 g/mol. The molecule has 506 valence electrons. The quantitative estimate of drug-likeness (QED) is 0.00917. The average Bonchev–Trinajstić information content (AvgIpc) is 0.803. The molecule has 23 nitrogen and oxygen atoms in total. The number of para-hydroxylation sites is 1. The third kappa shape index (κ3) is 33.0. The van der Waals surface area contributed by atoms with Crippen LogP contribution in [0, 0.1) is 52.4 Å². The van der Waals surface area contributed by atoms with Gasteiger partial charge in [-0.2, -0.15) is 37.9 Å². The second-order valence-electron chi connectivity index (χ2n) is 20.5. The fraction of sp³-hybridized carbons (Fsp3) is 0.571. The largest absolute Gasteiger partial charge is 0.508 e. The number of esters is 3. The number of ether oxygens (including phenoxy) is 7. The van der Waals surface area contributed by atoms with Gasteiger partial charge in [0, 0.05) is 60.0 Å². The van der Waals surface area contributed by atoms with Crippen LogP contribution in [0.2, 0.25) is 0 Å². The van der Waals surface area contributed by atoms with Gasteiger partial charge >= 0.3 is 17.9 Å². The van der Waals surface area contributed by atoms with Crippen LogP contribution in [0.5, 0.6) is 34.5 Å². The molecule has 4 aromatic rings. The smallest absolute Gasteiger partial charge is 0.306 e. The summed E-state index contributed by atoms with van der Waals surface area (Å²) in [7, 11) is 0. The maximum absolute atomic E-state index is 11.6. The van der Waals surface area contributed by atoms with Crippen LogP contribution in [-0.4, -0.2) is 222 Å². The van der Waals surface area contributed by atoms with E-state index in [0.717, 1.165) is 68.3 Å². The summed E-state index contributed by atoms with van der Waals surface area (Å²) in [4.78, 5) is 34.7. The number of carbonyl (C=O) groups is 3. The van der Waals surface area contributed by atoms with Crippen LogP contribution in [-0.2, 0) is 47.5 Å².